The maximum Gasteiger partial charge on any atom is 0.210 e. The quantitative estimate of drug-likeness (QED) is 0.598. The Labute approximate surface area is 83.2 Å². The summed E-state index contributed by atoms with van der Waals surface area (Å²) in [5, 5.41) is 0. The monoisotopic (exact) mass is 182 g/mol. The first-order valence-corrected chi connectivity index (χ1v) is 4.44. The largest absolute Gasteiger partial charge is 0.331 e. The highest BCUT2D eigenvalue weighted by molar-refractivity contribution is 5.62. The van der Waals surface area contributed by atoms with Crippen LogP contribution in [-0.4, -0.2) is 4.57 Å². The molecule has 14 heavy (non-hydrogen) atoms. The van der Waals surface area contributed by atoms with Crippen LogP contribution in [0.15, 0.2) is 42.6 Å². The Morgan fingerprint density at radius 2 is 1.93 bits per heavy atom. The van der Waals surface area contributed by atoms with E-state index < -0.39 is 0 Å². The van der Waals surface area contributed by atoms with E-state index in [4.69, 9.17) is 6.57 Å². The van der Waals surface area contributed by atoms with Crippen LogP contribution in [0.25, 0.3) is 10.5 Å². The van der Waals surface area contributed by atoms with Crippen molar-refractivity contribution < 1.29 is 0 Å². The number of rotatable bonds is 1. The average molecular weight is 182 g/mol. The zero-order valence-corrected chi connectivity index (χ0v) is 7.94. The molecule has 0 fully saturated rings. The summed E-state index contributed by atoms with van der Waals surface area (Å²) in [5.41, 5.74) is 2.78. The first-order chi connectivity index (χ1) is 6.83. The molecule has 1 aromatic heterocycles. The first kappa shape index (κ1) is 8.58. The van der Waals surface area contributed by atoms with E-state index in [0.717, 1.165) is 11.4 Å². The van der Waals surface area contributed by atoms with Crippen LogP contribution in [0.4, 0.5) is 5.69 Å². The highest BCUT2D eigenvalue weighted by atomic mass is 15.0. The third-order valence-corrected chi connectivity index (χ3v) is 2.21. The Balaban J connectivity index is 2.64. The fraction of sp³-hybridized carbons (Fsp3) is 0.0833. The van der Waals surface area contributed by atoms with E-state index in [9.17, 15) is 0 Å². The molecule has 0 aliphatic heterocycles. The molecule has 0 amide bonds. The van der Waals surface area contributed by atoms with Gasteiger partial charge in [-0.3, -0.25) is 0 Å². The van der Waals surface area contributed by atoms with Gasteiger partial charge in [0.15, 0.2) is 0 Å². The Morgan fingerprint density at radius 1 is 1.14 bits per heavy atom. The summed E-state index contributed by atoms with van der Waals surface area (Å²) in [6.45, 7) is 9.10. The predicted octanol–water partition coefficient (Wildman–Crippen LogP) is 3.34. The summed E-state index contributed by atoms with van der Waals surface area (Å²) in [5.74, 6) is 0. The molecule has 1 aromatic carbocycles. The van der Waals surface area contributed by atoms with Gasteiger partial charge in [-0.1, -0.05) is 18.2 Å². The van der Waals surface area contributed by atoms with E-state index in [1.807, 2.05) is 54.1 Å². The molecule has 0 atom stereocenters. The van der Waals surface area contributed by atoms with E-state index in [0.29, 0.717) is 5.69 Å². The second kappa shape index (κ2) is 3.39. The second-order valence-corrected chi connectivity index (χ2v) is 3.12. The van der Waals surface area contributed by atoms with Crippen molar-refractivity contribution >= 4 is 5.69 Å². The van der Waals surface area contributed by atoms with Crippen molar-refractivity contribution in [1.82, 2.24) is 4.57 Å². The maximum atomic E-state index is 7.07. The van der Waals surface area contributed by atoms with Gasteiger partial charge in [0.05, 0.1) is 12.3 Å². The van der Waals surface area contributed by atoms with Crippen molar-refractivity contribution in [3.05, 3.63) is 59.7 Å². The van der Waals surface area contributed by atoms with Crippen molar-refractivity contribution in [2.45, 2.75) is 6.92 Å². The Morgan fingerprint density at radius 3 is 2.57 bits per heavy atom. The van der Waals surface area contributed by atoms with Crippen LogP contribution in [0.5, 0.6) is 0 Å². The molecule has 0 bridgehead atoms. The number of nitrogens with zero attached hydrogens (tertiary/aromatic N) is 2. The number of benzene rings is 1. The van der Waals surface area contributed by atoms with E-state index in [1.165, 1.54) is 0 Å². The number of aryl methyl sites for hydroxylation is 1. The van der Waals surface area contributed by atoms with Gasteiger partial charge < -0.3 is 4.57 Å². The summed E-state index contributed by atoms with van der Waals surface area (Å²) >= 11 is 0. The minimum absolute atomic E-state index is 0.687. The lowest BCUT2D eigenvalue weighted by Crippen LogP contribution is -1.93. The van der Waals surface area contributed by atoms with Crippen molar-refractivity contribution in [3.8, 4) is 5.69 Å². The van der Waals surface area contributed by atoms with E-state index in [-0.39, 0.29) is 0 Å². The second-order valence-electron chi connectivity index (χ2n) is 3.12. The molecule has 0 radical (unpaired) electrons. The van der Waals surface area contributed by atoms with Gasteiger partial charge in [-0.15, -0.1) is 0 Å². The molecule has 0 aliphatic rings. The highest BCUT2D eigenvalue weighted by Gasteiger charge is 2.03. The Bertz CT molecular complexity index is 489. The molecule has 0 aliphatic carbocycles. The van der Waals surface area contributed by atoms with Gasteiger partial charge in [-0.25, -0.2) is 4.85 Å². The summed E-state index contributed by atoms with van der Waals surface area (Å²) < 4.78 is 2.02. The molecule has 2 rings (SSSR count). The zero-order valence-electron chi connectivity index (χ0n) is 7.94. The lowest BCUT2D eigenvalue weighted by molar-refractivity contribution is 1.02. The summed E-state index contributed by atoms with van der Waals surface area (Å²) in [6, 6.07) is 11.6. The fourth-order valence-corrected chi connectivity index (χ4v) is 1.50. The molecular formula is C12H10N2. The van der Waals surface area contributed by atoms with Crippen LogP contribution in [0.1, 0.15) is 5.69 Å². The Kier molecular flexibility index (Phi) is 2.08. The average Bonchev–Trinajstić information content (AvgIpc) is 2.64. The van der Waals surface area contributed by atoms with Gasteiger partial charge >= 0.3 is 0 Å². The van der Waals surface area contributed by atoms with Gasteiger partial charge in [0.25, 0.3) is 0 Å². The molecule has 2 aromatic rings. The smallest absolute Gasteiger partial charge is 0.210 e. The van der Waals surface area contributed by atoms with Gasteiger partial charge in [0.2, 0.25) is 5.69 Å². The molecule has 0 spiro atoms. The van der Waals surface area contributed by atoms with Crippen molar-refractivity contribution in [3.63, 3.8) is 0 Å². The summed E-state index contributed by atoms with van der Waals surface area (Å²) in [7, 11) is 0. The highest BCUT2D eigenvalue weighted by Crippen LogP contribution is 2.24. The maximum absolute atomic E-state index is 7.07. The third kappa shape index (κ3) is 1.29. The molecule has 1 heterocycles. The molecule has 2 nitrogen and oxygen atoms in total. The number of hydrogen-bond donors (Lipinski definition) is 0. The predicted molar refractivity (Wildman–Crippen MR) is 56.8 cm³/mol. The standard InChI is InChI=1S/C12H10N2/c1-10-6-5-9-14(10)12-8-4-3-7-11(12)13-2/h3-9H,1H3. The molecule has 0 saturated heterocycles. The zero-order chi connectivity index (χ0) is 9.97. The van der Waals surface area contributed by atoms with Crippen LogP contribution < -0.4 is 0 Å². The van der Waals surface area contributed by atoms with Gasteiger partial charge in [0, 0.05) is 11.9 Å². The van der Waals surface area contributed by atoms with Crippen LogP contribution in [0.3, 0.4) is 0 Å². The topological polar surface area (TPSA) is 9.29 Å². The molecular weight excluding hydrogens is 172 g/mol. The van der Waals surface area contributed by atoms with Crippen molar-refractivity contribution in [2.75, 3.05) is 0 Å². The van der Waals surface area contributed by atoms with Gasteiger partial charge in [-0.05, 0) is 25.1 Å². The summed E-state index contributed by atoms with van der Waals surface area (Å²) in [6.07, 6.45) is 1.97. The number of hydrogen-bond acceptors (Lipinski definition) is 0. The first-order valence-electron chi connectivity index (χ1n) is 4.44. The van der Waals surface area contributed by atoms with Gasteiger partial charge in [0.1, 0.15) is 0 Å². The Hall–Kier alpha value is -2.01. The normalized spacial score (nSPS) is 9.71. The van der Waals surface area contributed by atoms with Crippen molar-refractivity contribution in [2.24, 2.45) is 0 Å². The van der Waals surface area contributed by atoms with E-state index in [1.54, 1.807) is 0 Å². The molecule has 68 valence electrons. The van der Waals surface area contributed by atoms with Gasteiger partial charge in [-0.2, -0.15) is 0 Å². The van der Waals surface area contributed by atoms with Crippen LogP contribution in [0, 0.1) is 13.5 Å². The molecule has 0 N–H and O–H groups in total. The van der Waals surface area contributed by atoms with Crippen LogP contribution >= 0.6 is 0 Å². The minimum atomic E-state index is 0.687. The summed E-state index contributed by atoms with van der Waals surface area (Å²) in [4.78, 5) is 3.50. The lowest BCUT2D eigenvalue weighted by atomic mass is 10.2. The van der Waals surface area contributed by atoms with Crippen LogP contribution in [0.2, 0.25) is 0 Å². The molecule has 2 heteroatoms. The lowest BCUT2D eigenvalue weighted by Gasteiger charge is -2.07. The number of para-hydroxylation sites is 2. The van der Waals surface area contributed by atoms with E-state index in [2.05, 4.69) is 4.85 Å². The number of aromatic nitrogens is 1. The minimum Gasteiger partial charge on any atom is -0.331 e. The fourth-order valence-electron chi connectivity index (χ4n) is 1.50. The van der Waals surface area contributed by atoms with E-state index >= 15 is 0 Å². The van der Waals surface area contributed by atoms with Crippen molar-refractivity contribution in [1.29, 1.82) is 0 Å². The molecule has 0 saturated carbocycles. The van der Waals surface area contributed by atoms with Crippen LogP contribution in [-0.2, 0) is 0 Å². The SMILES string of the molecule is [C-]#[N+]c1ccccc1-n1cccc1C. The molecule has 0 unspecified atom stereocenters. The third-order valence-electron chi connectivity index (χ3n) is 2.21.